The Morgan fingerprint density at radius 3 is 2.73 bits per heavy atom. The van der Waals surface area contributed by atoms with Gasteiger partial charge in [-0.1, -0.05) is 23.4 Å². The van der Waals surface area contributed by atoms with Gasteiger partial charge >= 0.3 is 0 Å². The highest BCUT2D eigenvalue weighted by Gasteiger charge is 2.31. The molecular formula is C17H19N3O4S2. The minimum Gasteiger partial charge on any atom is -0.399 e. The van der Waals surface area contributed by atoms with Crippen LogP contribution in [0.2, 0.25) is 0 Å². The molecule has 0 amide bonds. The monoisotopic (exact) mass is 393 g/mol. The molecule has 138 valence electrons. The molecule has 7 nitrogen and oxygen atoms in total. The molecule has 0 bridgehead atoms. The SMILES string of the molecule is CCn1[nH]cc(C(=S)c2ccc3c(c2C)C(=NOC)CCS3(=O)=O)c1=O. The highest BCUT2D eigenvalue weighted by atomic mass is 32.2. The normalized spacial score (nSPS) is 17.1. The molecule has 9 heteroatoms. The third-order valence-electron chi connectivity index (χ3n) is 4.51. The van der Waals surface area contributed by atoms with Crippen LogP contribution in [-0.2, 0) is 21.2 Å². The van der Waals surface area contributed by atoms with Crippen LogP contribution in [0.4, 0.5) is 0 Å². The van der Waals surface area contributed by atoms with Crippen LogP contribution in [0.15, 0.2) is 33.2 Å². The van der Waals surface area contributed by atoms with Crippen molar-refractivity contribution in [3.05, 3.63) is 50.9 Å². The van der Waals surface area contributed by atoms with Gasteiger partial charge < -0.3 is 9.94 Å². The largest absolute Gasteiger partial charge is 0.399 e. The molecule has 0 fully saturated rings. The van der Waals surface area contributed by atoms with E-state index >= 15 is 0 Å². The Kier molecular flexibility index (Phi) is 4.85. The van der Waals surface area contributed by atoms with Crippen molar-refractivity contribution in [1.82, 2.24) is 9.78 Å². The lowest BCUT2D eigenvalue weighted by molar-refractivity contribution is 0.213. The molecule has 0 atom stereocenters. The first-order valence-corrected chi connectivity index (χ1v) is 10.2. The van der Waals surface area contributed by atoms with Crippen molar-refractivity contribution >= 4 is 32.6 Å². The average Bonchev–Trinajstić information content (AvgIpc) is 2.98. The third kappa shape index (κ3) is 2.90. The molecular weight excluding hydrogens is 374 g/mol. The summed E-state index contributed by atoms with van der Waals surface area (Å²) >= 11 is 5.53. The molecule has 2 aromatic rings. The minimum absolute atomic E-state index is 0.00948. The lowest BCUT2D eigenvalue weighted by Crippen LogP contribution is -2.25. The Morgan fingerprint density at radius 1 is 1.38 bits per heavy atom. The molecule has 0 aliphatic carbocycles. The van der Waals surface area contributed by atoms with Crippen molar-refractivity contribution < 1.29 is 13.3 Å². The van der Waals surface area contributed by atoms with Crippen molar-refractivity contribution in [2.24, 2.45) is 5.16 Å². The Morgan fingerprint density at radius 2 is 2.12 bits per heavy atom. The lowest BCUT2D eigenvalue weighted by atomic mass is 9.94. The van der Waals surface area contributed by atoms with Crippen molar-refractivity contribution in [3.8, 4) is 0 Å². The number of thiocarbonyl (C=S) groups is 1. The number of benzene rings is 1. The van der Waals surface area contributed by atoms with E-state index in [9.17, 15) is 13.2 Å². The van der Waals surface area contributed by atoms with Gasteiger partial charge in [-0.05, 0) is 31.0 Å². The van der Waals surface area contributed by atoms with Crippen LogP contribution in [-0.4, -0.2) is 41.6 Å². The molecule has 1 aromatic heterocycles. The van der Waals surface area contributed by atoms with Crippen molar-refractivity contribution in [1.29, 1.82) is 0 Å². The van der Waals surface area contributed by atoms with E-state index < -0.39 is 9.84 Å². The highest BCUT2D eigenvalue weighted by molar-refractivity contribution is 7.91. The third-order valence-corrected chi connectivity index (χ3v) is 6.70. The van der Waals surface area contributed by atoms with Gasteiger partial charge in [0.15, 0.2) is 9.84 Å². The first-order valence-electron chi connectivity index (χ1n) is 8.11. The molecule has 0 saturated carbocycles. The van der Waals surface area contributed by atoms with E-state index in [1.54, 1.807) is 19.2 Å². The zero-order chi connectivity index (χ0) is 19.1. The number of sulfone groups is 1. The predicted octanol–water partition coefficient (Wildman–Crippen LogP) is 1.80. The average molecular weight is 393 g/mol. The molecule has 3 rings (SSSR count). The Balaban J connectivity index is 2.21. The fraction of sp³-hybridized carbons (Fsp3) is 0.353. The second kappa shape index (κ2) is 6.81. The van der Waals surface area contributed by atoms with Gasteiger partial charge in [-0.3, -0.25) is 9.48 Å². The summed E-state index contributed by atoms with van der Waals surface area (Å²) in [5, 5.41) is 6.87. The minimum atomic E-state index is -3.38. The first kappa shape index (κ1) is 18.5. The van der Waals surface area contributed by atoms with Crippen molar-refractivity contribution in [3.63, 3.8) is 0 Å². The van der Waals surface area contributed by atoms with Gasteiger partial charge in [-0.15, -0.1) is 0 Å². The molecule has 0 unspecified atom stereocenters. The molecule has 1 aliphatic rings. The number of nitrogens with one attached hydrogen (secondary N) is 1. The van der Waals surface area contributed by atoms with Crippen LogP contribution in [0.5, 0.6) is 0 Å². The number of aryl methyl sites for hydroxylation is 1. The maximum Gasteiger partial charge on any atom is 0.275 e. The quantitative estimate of drug-likeness (QED) is 0.486. The van der Waals surface area contributed by atoms with Crippen LogP contribution < -0.4 is 5.56 Å². The van der Waals surface area contributed by atoms with E-state index in [0.717, 1.165) is 0 Å². The fourth-order valence-corrected chi connectivity index (χ4v) is 5.08. The topological polar surface area (TPSA) is 93.5 Å². The Labute approximate surface area is 156 Å². The highest BCUT2D eigenvalue weighted by Crippen LogP contribution is 2.31. The summed E-state index contributed by atoms with van der Waals surface area (Å²) in [6.07, 6.45) is 1.85. The van der Waals surface area contributed by atoms with Crippen molar-refractivity contribution in [2.75, 3.05) is 12.9 Å². The predicted molar refractivity (Wildman–Crippen MR) is 103 cm³/mol. The number of oxime groups is 1. The number of H-pyrrole nitrogens is 1. The molecule has 1 aromatic carbocycles. The summed E-state index contributed by atoms with van der Waals surface area (Å²) in [6, 6.07) is 3.20. The molecule has 2 heterocycles. The summed E-state index contributed by atoms with van der Waals surface area (Å²) in [6.45, 7) is 4.15. The Bertz CT molecular complexity index is 1080. The smallest absolute Gasteiger partial charge is 0.275 e. The van der Waals surface area contributed by atoms with Crippen LogP contribution in [0.25, 0.3) is 0 Å². The first-order chi connectivity index (χ1) is 12.3. The number of hydrogen-bond donors (Lipinski definition) is 1. The summed E-state index contributed by atoms with van der Waals surface area (Å²) in [4.78, 5) is 17.9. The van der Waals surface area contributed by atoms with E-state index in [2.05, 4.69) is 10.3 Å². The van der Waals surface area contributed by atoms with Crippen LogP contribution >= 0.6 is 12.2 Å². The zero-order valence-corrected chi connectivity index (χ0v) is 16.3. The maximum atomic E-state index is 12.4. The Hall–Kier alpha value is -2.26. The number of aromatic nitrogens is 2. The van der Waals surface area contributed by atoms with E-state index in [1.165, 1.54) is 17.9 Å². The summed E-state index contributed by atoms with van der Waals surface area (Å²) in [7, 11) is -1.96. The molecule has 0 radical (unpaired) electrons. The van der Waals surface area contributed by atoms with E-state index in [0.29, 0.717) is 39.4 Å². The van der Waals surface area contributed by atoms with Gasteiger partial charge in [-0.2, -0.15) is 0 Å². The van der Waals surface area contributed by atoms with E-state index in [4.69, 9.17) is 17.1 Å². The lowest BCUT2D eigenvalue weighted by Gasteiger charge is -2.21. The summed E-state index contributed by atoms with van der Waals surface area (Å²) in [5.74, 6) is -0.00948. The number of fused-ring (bicyclic) bond motifs is 1. The van der Waals surface area contributed by atoms with Gasteiger partial charge in [0.05, 0.1) is 26.8 Å². The summed E-state index contributed by atoms with van der Waals surface area (Å²) in [5.41, 5.74) is 2.58. The van der Waals surface area contributed by atoms with Gasteiger partial charge in [0.25, 0.3) is 5.56 Å². The van der Waals surface area contributed by atoms with E-state index in [-0.39, 0.29) is 22.6 Å². The van der Waals surface area contributed by atoms with E-state index in [1.807, 2.05) is 6.92 Å². The molecule has 1 aliphatic heterocycles. The molecule has 1 N–H and O–H groups in total. The number of rotatable bonds is 4. The fourth-order valence-electron chi connectivity index (χ4n) is 3.17. The van der Waals surface area contributed by atoms with Crippen molar-refractivity contribution in [2.45, 2.75) is 31.7 Å². The zero-order valence-electron chi connectivity index (χ0n) is 14.7. The maximum absolute atomic E-state index is 12.4. The number of aromatic amines is 1. The van der Waals surface area contributed by atoms with Crippen LogP contribution in [0.1, 0.15) is 35.6 Å². The standard InChI is InChI=1S/C17H19N3O4S2/c1-4-20-17(21)12(9-18-20)16(25)11-5-6-14-15(10(11)2)13(19-24-3)7-8-26(14,22)23/h5-6,9,18H,4,7-8H2,1-3H3. The molecule has 26 heavy (non-hydrogen) atoms. The second-order valence-electron chi connectivity index (χ2n) is 5.97. The van der Waals surface area contributed by atoms with Crippen LogP contribution in [0.3, 0.4) is 0 Å². The van der Waals surface area contributed by atoms with Gasteiger partial charge in [0, 0.05) is 24.7 Å². The van der Waals surface area contributed by atoms with Gasteiger partial charge in [-0.25, -0.2) is 8.42 Å². The number of hydrogen-bond acceptors (Lipinski definition) is 6. The van der Waals surface area contributed by atoms with Crippen LogP contribution in [0, 0.1) is 6.92 Å². The van der Waals surface area contributed by atoms with Gasteiger partial charge in [0.1, 0.15) is 7.11 Å². The molecule has 0 spiro atoms. The molecule has 0 saturated heterocycles. The second-order valence-corrected chi connectivity index (χ2v) is 8.45. The summed E-state index contributed by atoms with van der Waals surface area (Å²) < 4.78 is 26.3. The number of nitrogens with zero attached hydrogens (tertiary/aromatic N) is 2. The van der Waals surface area contributed by atoms with Gasteiger partial charge in [0.2, 0.25) is 0 Å².